The molecule has 2 aromatic carbocycles. The van der Waals surface area contributed by atoms with Crippen LogP contribution in [0.2, 0.25) is 0 Å². The summed E-state index contributed by atoms with van der Waals surface area (Å²) >= 11 is 0. The van der Waals surface area contributed by atoms with E-state index in [0.29, 0.717) is 4.90 Å². The monoisotopic (exact) mass is 457 g/mol. The van der Waals surface area contributed by atoms with E-state index in [1.54, 1.807) is 37.4 Å². The molecule has 0 aliphatic carbocycles. The Hall–Kier alpha value is -4.93. The molecule has 2 aromatic heterocycles. The highest BCUT2D eigenvalue weighted by atomic mass is 16.6. The molecule has 0 fully saturated rings. The number of aryl methyl sites for hydroxylation is 1. The van der Waals surface area contributed by atoms with Crippen LogP contribution in [0.5, 0.6) is 0 Å². The summed E-state index contributed by atoms with van der Waals surface area (Å²) in [6, 6.07) is 22.0. The lowest BCUT2D eigenvalue weighted by molar-refractivity contribution is 0.0767. The molecule has 4 rings (SSSR count). The van der Waals surface area contributed by atoms with Crippen molar-refractivity contribution in [3.63, 3.8) is 0 Å². The number of carbonyl (C=O) groups is 2. The van der Waals surface area contributed by atoms with Gasteiger partial charge in [-0.25, -0.2) is 14.5 Å². The minimum atomic E-state index is -1.47. The molecule has 34 heavy (non-hydrogen) atoms. The molecule has 0 saturated heterocycles. The second kappa shape index (κ2) is 10.1. The molecule has 2 heterocycles. The van der Waals surface area contributed by atoms with Crippen LogP contribution in [0.3, 0.4) is 0 Å². The summed E-state index contributed by atoms with van der Waals surface area (Å²) in [4.78, 5) is 35.5. The van der Waals surface area contributed by atoms with Crippen molar-refractivity contribution in [2.75, 3.05) is 4.90 Å². The maximum atomic E-state index is 12.9. The molecule has 0 saturated carbocycles. The number of hydrogen-bond acceptors (Lipinski definition) is 8. The molecule has 170 valence electrons. The predicted octanol–water partition coefficient (Wildman–Crippen LogP) is 3.07. The summed E-state index contributed by atoms with van der Waals surface area (Å²) in [7, 11) is 1.62. The molecule has 1 atom stereocenters. The number of nitrogens with zero attached hydrogens (tertiary/aromatic N) is 7. The van der Waals surface area contributed by atoms with Crippen LogP contribution in [0.15, 0.2) is 84.0 Å². The van der Waals surface area contributed by atoms with Crippen LogP contribution in [-0.4, -0.2) is 48.5 Å². The van der Waals surface area contributed by atoms with Crippen LogP contribution in [0.25, 0.3) is 0 Å². The van der Waals surface area contributed by atoms with Crippen LogP contribution in [0, 0.1) is 0 Å². The normalized spacial score (nSPS) is 11.8. The Kier molecular flexibility index (Phi) is 6.63. The topological polar surface area (TPSA) is 136 Å². The van der Waals surface area contributed by atoms with E-state index < -0.39 is 18.1 Å². The first-order valence-corrected chi connectivity index (χ1v) is 10.1. The summed E-state index contributed by atoms with van der Waals surface area (Å²) < 4.78 is 1.39. The highest BCUT2D eigenvalue weighted by molar-refractivity contribution is 6.18. The zero-order valence-electron chi connectivity index (χ0n) is 18.0. The molecule has 11 heteroatoms. The molecule has 2 amide bonds. The SMILES string of the molecule is Cn1nnnc1C(O/N=C\c1ccccc1)c1cccc(N(C(=O)O)C(=O)c2ccccc2)n1. The number of rotatable bonds is 7. The number of amides is 2. The minimum Gasteiger partial charge on any atom is -0.464 e. The second-order valence-electron chi connectivity index (χ2n) is 7.00. The number of pyridine rings is 1. The van der Waals surface area contributed by atoms with Gasteiger partial charge in [0, 0.05) is 12.6 Å². The van der Waals surface area contributed by atoms with Gasteiger partial charge < -0.3 is 9.94 Å². The van der Waals surface area contributed by atoms with Gasteiger partial charge in [-0.15, -0.1) is 5.10 Å². The number of carbonyl (C=O) groups excluding carboxylic acids is 1. The van der Waals surface area contributed by atoms with E-state index in [-0.39, 0.29) is 22.9 Å². The first-order chi connectivity index (χ1) is 16.5. The van der Waals surface area contributed by atoms with E-state index >= 15 is 0 Å². The standard InChI is InChI=1S/C23H19N7O4/c1-29-21(26-27-28-29)20(34-24-15-16-9-4-2-5-10-16)18-13-8-14-19(25-18)30(23(32)33)22(31)17-11-6-3-7-12-17/h2-15,20H,1H3,(H,32,33)/b24-15-. The van der Waals surface area contributed by atoms with Gasteiger partial charge in [0.05, 0.1) is 11.9 Å². The second-order valence-corrected chi connectivity index (χ2v) is 7.00. The van der Waals surface area contributed by atoms with Crippen molar-refractivity contribution in [3.05, 3.63) is 102 Å². The van der Waals surface area contributed by atoms with Crippen LogP contribution in [-0.2, 0) is 11.9 Å². The summed E-state index contributed by atoms with van der Waals surface area (Å²) in [5.41, 5.74) is 1.27. The highest BCUT2D eigenvalue weighted by Gasteiger charge is 2.29. The lowest BCUT2D eigenvalue weighted by Crippen LogP contribution is -2.36. The molecule has 11 nitrogen and oxygen atoms in total. The van der Waals surface area contributed by atoms with E-state index in [1.807, 2.05) is 30.3 Å². The van der Waals surface area contributed by atoms with E-state index in [4.69, 9.17) is 4.84 Å². The Balaban J connectivity index is 1.68. The maximum Gasteiger partial charge on any atom is 0.420 e. The van der Waals surface area contributed by atoms with Crippen LogP contribution >= 0.6 is 0 Å². The van der Waals surface area contributed by atoms with Crippen molar-refractivity contribution in [1.29, 1.82) is 0 Å². The van der Waals surface area contributed by atoms with Gasteiger partial charge in [-0.3, -0.25) is 4.79 Å². The van der Waals surface area contributed by atoms with Crippen molar-refractivity contribution < 1.29 is 19.5 Å². The quantitative estimate of drug-likeness (QED) is 0.330. The maximum absolute atomic E-state index is 12.9. The highest BCUT2D eigenvalue weighted by Crippen LogP contribution is 2.25. The van der Waals surface area contributed by atoms with Gasteiger partial charge in [-0.1, -0.05) is 59.8 Å². The Morgan fingerprint density at radius 1 is 1.03 bits per heavy atom. The molecule has 1 N–H and O–H groups in total. The van der Waals surface area contributed by atoms with Gasteiger partial charge in [0.15, 0.2) is 0 Å². The Morgan fingerprint density at radius 2 is 1.74 bits per heavy atom. The third kappa shape index (κ3) is 4.93. The number of carboxylic acid groups (broad SMARTS) is 1. The molecule has 0 spiro atoms. The first-order valence-electron chi connectivity index (χ1n) is 10.1. The van der Waals surface area contributed by atoms with E-state index in [0.717, 1.165) is 5.56 Å². The predicted molar refractivity (Wildman–Crippen MR) is 121 cm³/mol. The number of hydrogen-bond donors (Lipinski definition) is 1. The fourth-order valence-electron chi connectivity index (χ4n) is 3.09. The van der Waals surface area contributed by atoms with E-state index in [2.05, 4.69) is 25.7 Å². The zero-order valence-corrected chi connectivity index (χ0v) is 18.0. The Bertz CT molecular complexity index is 1310. The van der Waals surface area contributed by atoms with Crippen LogP contribution in [0.4, 0.5) is 10.6 Å². The smallest absolute Gasteiger partial charge is 0.420 e. The fourth-order valence-corrected chi connectivity index (χ4v) is 3.09. The van der Waals surface area contributed by atoms with E-state index in [9.17, 15) is 14.7 Å². The van der Waals surface area contributed by atoms with Gasteiger partial charge in [0.2, 0.25) is 11.9 Å². The molecule has 0 bridgehead atoms. The van der Waals surface area contributed by atoms with Gasteiger partial charge in [-0.2, -0.15) is 4.90 Å². The summed E-state index contributed by atoms with van der Waals surface area (Å²) in [5.74, 6) is -0.557. The van der Waals surface area contributed by atoms with Crippen molar-refractivity contribution in [3.8, 4) is 0 Å². The molecular weight excluding hydrogens is 438 g/mol. The lowest BCUT2D eigenvalue weighted by atomic mass is 10.2. The number of imide groups is 1. The number of benzene rings is 2. The number of oxime groups is 1. The van der Waals surface area contributed by atoms with Gasteiger partial charge in [0.1, 0.15) is 5.82 Å². The third-order valence-corrected chi connectivity index (χ3v) is 4.72. The van der Waals surface area contributed by atoms with Crippen molar-refractivity contribution in [2.45, 2.75) is 6.10 Å². The summed E-state index contributed by atoms with van der Waals surface area (Å²) in [6.45, 7) is 0. The Morgan fingerprint density at radius 3 is 2.38 bits per heavy atom. The summed E-state index contributed by atoms with van der Waals surface area (Å²) in [6.07, 6.45) is -0.927. The van der Waals surface area contributed by atoms with Crippen LogP contribution < -0.4 is 4.90 Å². The average Bonchev–Trinajstić information content (AvgIpc) is 3.28. The van der Waals surface area contributed by atoms with Gasteiger partial charge in [0.25, 0.3) is 5.91 Å². The van der Waals surface area contributed by atoms with Crippen molar-refractivity contribution >= 4 is 24.0 Å². The van der Waals surface area contributed by atoms with Crippen LogP contribution in [0.1, 0.15) is 33.5 Å². The number of aromatic nitrogens is 5. The van der Waals surface area contributed by atoms with E-state index in [1.165, 1.54) is 29.1 Å². The molecule has 0 aliphatic heterocycles. The molecule has 0 aliphatic rings. The molecule has 4 aromatic rings. The Labute approximate surface area is 193 Å². The van der Waals surface area contributed by atoms with Gasteiger partial charge in [-0.05, 0) is 40.3 Å². The largest absolute Gasteiger partial charge is 0.464 e. The summed E-state index contributed by atoms with van der Waals surface area (Å²) in [5, 5.41) is 25.2. The number of tetrazole rings is 1. The van der Waals surface area contributed by atoms with Crippen molar-refractivity contribution in [1.82, 2.24) is 25.2 Å². The lowest BCUT2D eigenvalue weighted by Gasteiger charge is -2.19. The molecule has 1 unspecified atom stereocenters. The molecule has 0 radical (unpaired) electrons. The number of anilines is 1. The zero-order chi connectivity index (χ0) is 23.9. The molecular formula is C23H19N7O4. The third-order valence-electron chi connectivity index (χ3n) is 4.72. The van der Waals surface area contributed by atoms with Crippen molar-refractivity contribution in [2.24, 2.45) is 12.2 Å². The fraction of sp³-hybridized carbons (Fsp3) is 0.0870. The first kappa shape index (κ1) is 22.3. The van der Waals surface area contributed by atoms with Gasteiger partial charge >= 0.3 is 6.09 Å². The minimum absolute atomic E-state index is 0.102. The average molecular weight is 457 g/mol.